The summed E-state index contributed by atoms with van der Waals surface area (Å²) in [6, 6.07) is 3.95. The van der Waals surface area contributed by atoms with Crippen LogP contribution < -0.4 is 0 Å². The zero-order valence-electron chi connectivity index (χ0n) is 15.5. The third kappa shape index (κ3) is 3.83. The molecule has 2 unspecified atom stereocenters. The van der Waals surface area contributed by atoms with Gasteiger partial charge in [-0.3, -0.25) is 4.79 Å². The zero-order chi connectivity index (χ0) is 18.0. The standard InChI is InChI=1S/C19H29N3O3/c1-14-6-11-22(16(13-14)17-5-4-12-25-17)18(23)15-7-9-21(10-8-15)19(24)20(2)3/h4-5,12,14-16H,6-11,13H2,1-3H3. The van der Waals surface area contributed by atoms with Gasteiger partial charge in [0, 0.05) is 39.6 Å². The van der Waals surface area contributed by atoms with Crippen molar-refractivity contribution < 1.29 is 14.0 Å². The molecule has 0 saturated carbocycles. The zero-order valence-corrected chi connectivity index (χ0v) is 15.5. The van der Waals surface area contributed by atoms with E-state index in [-0.39, 0.29) is 23.9 Å². The van der Waals surface area contributed by atoms with Gasteiger partial charge in [-0.2, -0.15) is 0 Å². The van der Waals surface area contributed by atoms with E-state index in [1.807, 2.05) is 21.9 Å². The van der Waals surface area contributed by atoms with Gasteiger partial charge in [0.15, 0.2) is 0 Å². The van der Waals surface area contributed by atoms with Crippen molar-refractivity contribution in [2.75, 3.05) is 33.7 Å². The third-order valence-electron chi connectivity index (χ3n) is 5.52. The molecule has 0 bridgehead atoms. The molecule has 0 spiro atoms. The molecule has 1 aromatic rings. The summed E-state index contributed by atoms with van der Waals surface area (Å²) in [5.74, 6) is 1.72. The Bertz CT molecular complexity index is 591. The molecule has 3 heterocycles. The maximum Gasteiger partial charge on any atom is 0.319 e. The van der Waals surface area contributed by atoms with Crippen molar-refractivity contribution in [3.05, 3.63) is 24.2 Å². The highest BCUT2D eigenvalue weighted by atomic mass is 16.3. The van der Waals surface area contributed by atoms with Gasteiger partial charge in [-0.05, 0) is 43.7 Å². The molecule has 6 nitrogen and oxygen atoms in total. The Kier molecular flexibility index (Phi) is 5.35. The van der Waals surface area contributed by atoms with E-state index in [1.54, 1.807) is 25.3 Å². The number of amides is 3. The average molecular weight is 347 g/mol. The summed E-state index contributed by atoms with van der Waals surface area (Å²) < 4.78 is 5.61. The number of carbonyl (C=O) groups is 2. The number of piperidine rings is 2. The summed E-state index contributed by atoms with van der Waals surface area (Å²) >= 11 is 0. The van der Waals surface area contributed by atoms with Gasteiger partial charge < -0.3 is 19.1 Å². The Morgan fingerprint density at radius 3 is 2.48 bits per heavy atom. The molecule has 1 aromatic heterocycles. The van der Waals surface area contributed by atoms with E-state index in [0.29, 0.717) is 19.0 Å². The predicted molar refractivity (Wildman–Crippen MR) is 94.9 cm³/mol. The number of nitrogens with zero attached hydrogens (tertiary/aromatic N) is 3. The molecule has 0 N–H and O–H groups in total. The first-order valence-electron chi connectivity index (χ1n) is 9.27. The molecule has 3 amide bonds. The number of furan rings is 1. The summed E-state index contributed by atoms with van der Waals surface area (Å²) in [7, 11) is 3.53. The molecule has 0 aliphatic carbocycles. The molecule has 6 heteroatoms. The number of rotatable bonds is 2. The van der Waals surface area contributed by atoms with Crippen LogP contribution in [0.25, 0.3) is 0 Å². The van der Waals surface area contributed by atoms with Crippen molar-refractivity contribution in [1.29, 1.82) is 0 Å². The van der Waals surface area contributed by atoms with Gasteiger partial charge in [0.1, 0.15) is 5.76 Å². The fraction of sp³-hybridized carbons (Fsp3) is 0.684. The van der Waals surface area contributed by atoms with Gasteiger partial charge in [0.2, 0.25) is 5.91 Å². The van der Waals surface area contributed by atoms with Crippen LogP contribution in [-0.2, 0) is 4.79 Å². The smallest absolute Gasteiger partial charge is 0.319 e. The normalized spacial score (nSPS) is 25.1. The van der Waals surface area contributed by atoms with Gasteiger partial charge in [0.25, 0.3) is 0 Å². The van der Waals surface area contributed by atoms with Crippen LogP contribution >= 0.6 is 0 Å². The van der Waals surface area contributed by atoms with E-state index >= 15 is 0 Å². The molecule has 2 atom stereocenters. The van der Waals surface area contributed by atoms with E-state index in [9.17, 15) is 9.59 Å². The summed E-state index contributed by atoms with van der Waals surface area (Å²) in [5, 5.41) is 0. The lowest BCUT2D eigenvalue weighted by Crippen LogP contribution is -2.49. The Morgan fingerprint density at radius 1 is 1.16 bits per heavy atom. The lowest BCUT2D eigenvalue weighted by Gasteiger charge is -2.41. The molecule has 2 aliphatic rings. The first-order valence-corrected chi connectivity index (χ1v) is 9.27. The SMILES string of the molecule is CC1CCN(C(=O)C2CCN(C(=O)N(C)C)CC2)C(c2ccco2)C1. The second-order valence-electron chi connectivity index (χ2n) is 7.63. The Labute approximate surface area is 149 Å². The van der Waals surface area contributed by atoms with Crippen molar-refractivity contribution in [3.8, 4) is 0 Å². The van der Waals surface area contributed by atoms with Crippen LogP contribution in [0, 0.1) is 11.8 Å². The van der Waals surface area contributed by atoms with E-state index in [1.165, 1.54) is 0 Å². The van der Waals surface area contributed by atoms with Crippen molar-refractivity contribution in [1.82, 2.24) is 14.7 Å². The summed E-state index contributed by atoms with van der Waals surface area (Å²) in [6.07, 6.45) is 5.17. The molecule has 25 heavy (non-hydrogen) atoms. The molecule has 138 valence electrons. The van der Waals surface area contributed by atoms with Gasteiger partial charge in [-0.15, -0.1) is 0 Å². The van der Waals surface area contributed by atoms with E-state index in [4.69, 9.17) is 4.42 Å². The molecule has 0 aromatic carbocycles. The molecular formula is C19H29N3O3. The maximum atomic E-state index is 13.1. The van der Waals surface area contributed by atoms with Crippen LogP contribution in [0.2, 0.25) is 0 Å². The summed E-state index contributed by atoms with van der Waals surface area (Å²) in [5.41, 5.74) is 0. The minimum atomic E-state index is 0.0112. The third-order valence-corrected chi connectivity index (χ3v) is 5.52. The monoisotopic (exact) mass is 347 g/mol. The predicted octanol–water partition coefficient (Wildman–Crippen LogP) is 2.97. The highest BCUT2D eigenvalue weighted by molar-refractivity contribution is 5.80. The largest absolute Gasteiger partial charge is 0.467 e. The molecule has 3 rings (SSSR count). The Morgan fingerprint density at radius 2 is 1.88 bits per heavy atom. The Balaban J connectivity index is 1.65. The van der Waals surface area contributed by atoms with Gasteiger partial charge in [-0.1, -0.05) is 6.92 Å². The van der Waals surface area contributed by atoms with Crippen LogP contribution in [0.15, 0.2) is 22.8 Å². The summed E-state index contributed by atoms with van der Waals surface area (Å²) in [4.78, 5) is 30.7. The average Bonchev–Trinajstić information content (AvgIpc) is 3.15. The fourth-order valence-electron chi connectivity index (χ4n) is 3.99. The number of urea groups is 1. The Hall–Kier alpha value is -1.98. The molecular weight excluding hydrogens is 318 g/mol. The van der Waals surface area contributed by atoms with Gasteiger partial charge in [0.05, 0.1) is 12.3 Å². The molecule has 0 radical (unpaired) electrons. The lowest BCUT2D eigenvalue weighted by atomic mass is 9.88. The number of hydrogen-bond donors (Lipinski definition) is 0. The van der Waals surface area contributed by atoms with Gasteiger partial charge >= 0.3 is 6.03 Å². The topological polar surface area (TPSA) is 57.0 Å². The van der Waals surface area contributed by atoms with Crippen LogP contribution in [0.4, 0.5) is 4.79 Å². The van der Waals surface area contributed by atoms with E-state index in [2.05, 4.69) is 6.92 Å². The first kappa shape index (κ1) is 17.8. The second kappa shape index (κ2) is 7.50. The van der Waals surface area contributed by atoms with Crippen LogP contribution in [0.5, 0.6) is 0 Å². The minimum absolute atomic E-state index is 0.0112. The second-order valence-corrected chi connectivity index (χ2v) is 7.63. The van der Waals surface area contributed by atoms with Gasteiger partial charge in [-0.25, -0.2) is 4.79 Å². The first-order chi connectivity index (χ1) is 12.0. The van der Waals surface area contributed by atoms with Crippen LogP contribution in [0.1, 0.15) is 44.4 Å². The quantitative estimate of drug-likeness (QED) is 0.826. The highest BCUT2D eigenvalue weighted by Crippen LogP contribution is 2.36. The maximum absolute atomic E-state index is 13.1. The summed E-state index contributed by atoms with van der Waals surface area (Å²) in [6.45, 7) is 4.34. The molecule has 2 saturated heterocycles. The lowest BCUT2D eigenvalue weighted by molar-refractivity contribution is -0.142. The van der Waals surface area contributed by atoms with Crippen molar-refractivity contribution >= 4 is 11.9 Å². The minimum Gasteiger partial charge on any atom is -0.467 e. The highest BCUT2D eigenvalue weighted by Gasteiger charge is 2.37. The van der Waals surface area contributed by atoms with Crippen LogP contribution in [0.3, 0.4) is 0 Å². The molecule has 2 aliphatic heterocycles. The number of likely N-dealkylation sites (tertiary alicyclic amines) is 2. The van der Waals surface area contributed by atoms with Crippen LogP contribution in [-0.4, -0.2) is 60.4 Å². The molecule has 2 fully saturated rings. The fourth-order valence-corrected chi connectivity index (χ4v) is 3.99. The van der Waals surface area contributed by atoms with Crippen molar-refractivity contribution in [3.63, 3.8) is 0 Å². The van der Waals surface area contributed by atoms with E-state index in [0.717, 1.165) is 38.0 Å². The number of hydrogen-bond acceptors (Lipinski definition) is 3. The number of carbonyl (C=O) groups excluding carboxylic acids is 2. The van der Waals surface area contributed by atoms with E-state index < -0.39 is 0 Å². The van der Waals surface area contributed by atoms with Crippen molar-refractivity contribution in [2.45, 2.75) is 38.6 Å². The van der Waals surface area contributed by atoms with Crippen molar-refractivity contribution in [2.24, 2.45) is 11.8 Å².